The van der Waals surface area contributed by atoms with Crippen LogP contribution in [0.25, 0.3) is 0 Å². The van der Waals surface area contributed by atoms with Crippen LogP contribution in [-0.2, 0) is 9.53 Å². The molecule has 1 aromatic carbocycles. The Balaban J connectivity index is 1.83. The van der Waals surface area contributed by atoms with Gasteiger partial charge in [-0.3, -0.25) is 4.79 Å². The zero-order chi connectivity index (χ0) is 14.2. The highest BCUT2D eigenvalue weighted by atomic mass is 16.5. The molecule has 5 nitrogen and oxygen atoms in total. The van der Waals surface area contributed by atoms with Gasteiger partial charge in [-0.05, 0) is 25.1 Å². The van der Waals surface area contributed by atoms with Crippen molar-refractivity contribution in [1.29, 1.82) is 0 Å². The third-order valence-electron chi connectivity index (χ3n) is 3.29. The maximum atomic E-state index is 12.0. The highest BCUT2D eigenvalue weighted by Gasteiger charge is 2.22. The van der Waals surface area contributed by atoms with Gasteiger partial charge in [0.1, 0.15) is 5.75 Å². The molecule has 2 N–H and O–H groups in total. The van der Waals surface area contributed by atoms with E-state index in [2.05, 4.69) is 10.6 Å². The van der Waals surface area contributed by atoms with Gasteiger partial charge in [0.05, 0.1) is 12.5 Å². The molecule has 0 radical (unpaired) electrons. The lowest BCUT2D eigenvalue weighted by molar-refractivity contribution is -0.119. The van der Waals surface area contributed by atoms with E-state index in [1.807, 2.05) is 24.3 Å². The fraction of sp³-hybridized carbons (Fsp3) is 0.533. The highest BCUT2D eigenvalue weighted by molar-refractivity contribution is 5.93. The highest BCUT2D eigenvalue weighted by Crippen LogP contribution is 2.19. The predicted octanol–water partition coefficient (Wildman–Crippen LogP) is 1.65. The van der Waals surface area contributed by atoms with Gasteiger partial charge >= 0.3 is 0 Å². The Morgan fingerprint density at radius 1 is 1.45 bits per heavy atom. The van der Waals surface area contributed by atoms with E-state index in [-0.39, 0.29) is 11.8 Å². The molecule has 0 saturated carbocycles. The van der Waals surface area contributed by atoms with Crippen LogP contribution in [0.15, 0.2) is 24.3 Å². The quantitative estimate of drug-likeness (QED) is 0.745. The van der Waals surface area contributed by atoms with Crippen molar-refractivity contribution in [2.75, 3.05) is 38.7 Å². The third kappa shape index (κ3) is 4.51. The fourth-order valence-corrected chi connectivity index (χ4v) is 2.18. The zero-order valence-electron chi connectivity index (χ0n) is 11.9. The summed E-state index contributed by atoms with van der Waals surface area (Å²) in [7, 11) is 1.67. The Labute approximate surface area is 119 Å². The first-order valence-corrected chi connectivity index (χ1v) is 7.03. The van der Waals surface area contributed by atoms with Gasteiger partial charge in [-0.1, -0.05) is 6.07 Å². The molecule has 1 aliphatic rings. The Kier molecular flexibility index (Phi) is 5.83. The van der Waals surface area contributed by atoms with Crippen LogP contribution in [0.4, 0.5) is 5.69 Å². The first kappa shape index (κ1) is 14.8. The van der Waals surface area contributed by atoms with Crippen LogP contribution in [0.3, 0.4) is 0 Å². The number of carbonyl (C=O) groups is 1. The number of hydrogen-bond donors (Lipinski definition) is 2. The lowest BCUT2D eigenvalue weighted by Crippen LogP contribution is -2.24. The van der Waals surface area contributed by atoms with E-state index in [9.17, 15) is 4.79 Å². The normalized spacial score (nSPS) is 17.9. The third-order valence-corrected chi connectivity index (χ3v) is 3.29. The van der Waals surface area contributed by atoms with Crippen LogP contribution < -0.4 is 15.4 Å². The Hall–Kier alpha value is -1.59. The summed E-state index contributed by atoms with van der Waals surface area (Å²) in [4.78, 5) is 12.0. The minimum absolute atomic E-state index is 0.0706. The molecule has 5 heteroatoms. The first-order chi connectivity index (χ1) is 9.79. The number of amides is 1. The molecule has 1 saturated heterocycles. The largest absolute Gasteiger partial charge is 0.493 e. The number of rotatable bonds is 7. The molecule has 1 aliphatic heterocycles. The maximum Gasteiger partial charge on any atom is 0.228 e. The molecule has 1 atom stereocenters. The molecule has 1 aromatic rings. The molecular formula is C15H22N2O3. The molecular weight excluding hydrogens is 256 g/mol. The van der Waals surface area contributed by atoms with Gasteiger partial charge in [-0.2, -0.15) is 0 Å². The van der Waals surface area contributed by atoms with E-state index in [1.54, 1.807) is 7.11 Å². The van der Waals surface area contributed by atoms with Gasteiger partial charge in [0.2, 0.25) is 5.91 Å². The van der Waals surface area contributed by atoms with Crippen molar-refractivity contribution in [2.45, 2.75) is 12.8 Å². The minimum atomic E-state index is 0.0706. The zero-order valence-corrected chi connectivity index (χ0v) is 11.9. The number of methoxy groups -OCH3 is 1. The summed E-state index contributed by atoms with van der Waals surface area (Å²) >= 11 is 0. The molecule has 0 aliphatic carbocycles. The van der Waals surface area contributed by atoms with Crippen molar-refractivity contribution in [1.82, 2.24) is 5.32 Å². The van der Waals surface area contributed by atoms with Gasteiger partial charge in [-0.15, -0.1) is 0 Å². The van der Waals surface area contributed by atoms with E-state index in [1.165, 1.54) is 0 Å². The van der Waals surface area contributed by atoms with Crippen LogP contribution in [0.5, 0.6) is 5.75 Å². The lowest BCUT2D eigenvalue weighted by Gasteiger charge is -2.11. The standard InChI is InChI=1S/C15H22N2O3/c1-19-8-3-9-20-14-5-2-4-13(10-14)17-15(18)12-6-7-16-11-12/h2,4-5,10,12,16H,3,6-9,11H2,1H3,(H,17,18). The monoisotopic (exact) mass is 278 g/mol. The second-order valence-corrected chi connectivity index (χ2v) is 4.90. The average molecular weight is 278 g/mol. The SMILES string of the molecule is COCCCOc1cccc(NC(=O)C2CCNC2)c1. The minimum Gasteiger partial charge on any atom is -0.493 e. The summed E-state index contributed by atoms with van der Waals surface area (Å²) in [5, 5.41) is 6.14. The fourth-order valence-electron chi connectivity index (χ4n) is 2.18. The van der Waals surface area contributed by atoms with Gasteiger partial charge in [0, 0.05) is 38.4 Å². The molecule has 110 valence electrons. The van der Waals surface area contributed by atoms with Gasteiger partial charge in [0.15, 0.2) is 0 Å². The first-order valence-electron chi connectivity index (χ1n) is 7.03. The van der Waals surface area contributed by atoms with E-state index in [0.29, 0.717) is 13.2 Å². The molecule has 2 rings (SSSR count). The van der Waals surface area contributed by atoms with Crippen LogP contribution in [0, 0.1) is 5.92 Å². The number of hydrogen-bond acceptors (Lipinski definition) is 4. The molecule has 0 bridgehead atoms. The van der Waals surface area contributed by atoms with Crippen LogP contribution in [-0.4, -0.2) is 39.3 Å². The summed E-state index contributed by atoms with van der Waals surface area (Å²) in [5.41, 5.74) is 0.783. The molecule has 1 heterocycles. The molecule has 20 heavy (non-hydrogen) atoms. The lowest BCUT2D eigenvalue weighted by atomic mass is 10.1. The number of nitrogens with one attached hydrogen (secondary N) is 2. The van der Waals surface area contributed by atoms with Gasteiger partial charge in [0.25, 0.3) is 0 Å². The molecule has 1 fully saturated rings. The Morgan fingerprint density at radius 3 is 3.10 bits per heavy atom. The van der Waals surface area contributed by atoms with Crippen molar-refractivity contribution in [3.05, 3.63) is 24.3 Å². The van der Waals surface area contributed by atoms with Crippen LogP contribution in [0.1, 0.15) is 12.8 Å². The van der Waals surface area contributed by atoms with E-state index in [4.69, 9.17) is 9.47 Å². The van der Waals surface area contributed by atoms with Crippen molar-refractivity contribution in [2.24, 2.45) is 5.92 Å². The molecule has 1 amide bonds. The smallest absolute Gasteiger partial charge is 0.228 e. The predicted molar refractivity (Wildman–Crippen MR) is 78.0 cm³/mol. The van der Waals surface area contributed by atoms with Crippen molar-refractivity contribution >= 4 is 11.6 Å². The number of ether oxygens (including phenoxy) is 2. The molecule has 1 unspecified atom stereocenters. The summed E-state index contributed by atoms with van der Waals surface area (Å²) < 4.78 is 10.6. The average Bonchev–Trinajstić information content (AvgIpc) is 2.98. The van der Waals surface area contributed by atoms with E-state index in [0.717, 1.165) is 37.4 Å². The van der Waals surface area contributed by atoms with Crippen molar-refractivity contribution in [3.8, 4) is 5.75 Å². The van der Waals surface area contributed by atoms with Gasteiger partial charge < -0.3 is 20.1 Å². The number of carbonyl (C=O) groups excluding carboxylic acids is 1. The van der Waals surface area contributed by atoms with Crippen LogP contribution in [0.2, 0.25) is 0 Å². The topological polar surface area (TPSA) is 59.6 Å². The Morgan fingerprint density at radius 2 is 2.35 bits per heavy atom. The summed E-state index contributed by atoms with van der Waals surface area (Å²) in [6.45, 7) is 2.97. The van der Waals surface area contributed by atoms with Crippen LogP contribution >= 0.6 is 0 Å². The second kappa shape index (κ2) is 7.87. The maximum absolute atomic E-state index is 12.0. The van der Waals surface area contributed by atoms with Crippen molar-refractivity contribution in [3.63, 3.8) is 0 Å². The summed E-state index contributed by atoms with van der Waals surface area (Å²) in [5.74, 6) is 0.913. The van der Waals surface area contributed by atoms with Crippen molar-refractivity contribution < 1.29 is 14.3 Å². The summed E-state index contributed by atoms with van der Waals surface area (Å²) in [6.07, 6.45) is 1.75. The number of benzene rings is 1. The molecule has 0 aromatic heterocycles. The van der Waals surface area contributed by atoms with E-state index >= 15 is 0 Å². The van der Waals surface area contributed by atoms with E-state index < -0.39 is 0 Å². The second-order valence-electron chi connectivity index (χ2n) is 4.90. The summed E-state index contributed by atoms with van der Waals surface area (Å²) in [6, 6.07) is 7.50. The molecule has 0 spiro atoms. The number of anilines is 1. The Bertz CT molecular complexity index is 431. The van der Waals surface area contributed by atoms with Gasteiger partial charge in [-0.25, -0.2) is 0 Å².